The van der Waals surface area contributed by atoms with Crippen LogP contribution in [0.4, 0.5) is 0 Å². The Labute approximate surface area is 102 Å². The lowest BCUT2D eigenvalue weighted by molar-refractivity contribution is 0.414. The van der Waals surface area contributed by atoms with E-state index in [1.165, 1.54) is 5.56 Å². The molecule has 0 unspecified atom stereocenters. The smallest absolute Gasteiger partial charge is 0.166 e. The summed E-state index contributed by atoms with van der Waals surface area (Å²) in [7, 11) is 3.48. The minimum absolute atomic E-state index is 0.242. The van der Waals surface area contributed by atoms with Crippen LogP contribution in [0.2, 0.25) is 0 Å². The second kappa shape index (κ2) is 6.33. The molecule has 0 aliphatic carbocycles. The quantitative estimate of drug-likeness (QED) is 0.788. The van der Waals surface area contributed by atoms with Crippen molar-refractivity contribution in [2.24, 2.45) is 0 Å². The lowest BCUT2D eigenvalue weighted by atomic mass is 10.0. The highest BCUT2D eigenvalue weighted by Gasteiger charge is 2.09. The molecule has 0 saturated carbocycles. The summed E-state index contributed by atoms with van der Waals surface area (Å²) >= 11 is 5.10. The second-order valence-electron chi connectivity index (χ2n) is 3.46. The molecule has 4 heteroatoms. The molecule has 1 rings (SSSR count). The van der Waals surface area contributed by atoms with Crippen LogP contribution in [-0.2, 0) is 0 Å². The molecule has 0 spiro atoms. The molecule has 16 heavy (non-hydrogen) atoms. The molecule has 0 bridgehead atoms. The molecule has 0 amide bonds. The zero-order chi connectivity index (χ0) is 12.0. The molecular formula is C12H18N2OS. The van der Waals surface area contributed by atoms with Crippen molar-refractivity contribution in [1.29, 1.82) is 0 Å². The van der Waals surface area contributed by atoms with Crippen molar-refractivity contribution in [3.05, 3.63) is 29.8 Å². The maximum Gasteiger partial charge on any atom is 0.166 e. The average molecular weight is 238 g/mol. The molecule has 2 N–H and O–H groups in total. The van der Waals surface area contributed by atoms with Gasteiger partial charge in [-0.1, -0.05) is 19.1 Å². The fourth-order valence-electron chi connectivity index (χ4n) is 1.49. The van der Waals surface area contributed by atoms with Gasteiger partial charge in [-0.15, -0.1) is 0 Å². The van der Waals surface area contributed by atoms with Gasteiger partial charge in [0.1, 0.15) is 5.75 Å². The van der Waals surface area contributed by atoms with Crippen molar-refractivity contribution in [1.82, 2.24) is 10.6 Å². The molecule has 1 aromatic rings. The third-order valence-corrected chi connectivity index (χ3v) is 2.78. The highest BCUT2D eigenvalue weighted by atomic mass is 32.1. The highest BCUT2D eigenvalue weighted by Crippen LogP contribution is 2.19. The van der Waals surface area contributed by atoms with Gasteiger partial charge in [0.15, 0.2) is 5.11 Å². The normalized spacial score (nSPS) is 11.7. The molecular weight excluding hydrogens is 220 g/mol. The van der Waals surface area contributed by atoms with Crippen molar-refractivity contribution in [2.75, 3.05) is 14.2 Å². The molecule has 1 atom stereocenters. The van der Waals surface area contributed by atoms with E-state index in [9.17, 15) is 0 Å². The minimum atomic E-state index is 0.242. The number of methoxy groups -OCH3 is 1. The molecule has 0 heterocycles. The summed E-state index contributed by atoms with van der Waals surface area (Å²) in [5, 5.41) is 6.84. The first-order valence-corrected chi connectivity index (χ1v) is 5.74. The number of nitrogens with one attached hydrogen (secondary N) is 2. The van der Waals surface area contributed by atoms with Crippen molar-refractivity contribution in [2.45, 2.75) is 19.4 Å². The zero-order valence-corrected chi connectivity index (χ0v) is 10.7. The van der Waals surface area contributed by atoms with Crippen molar-refractivity contribution in [3.8, 4) is 5.75 Å². The van der Waals surface area contributed by atoms with Crippen LogP contribution in [0.1, 0.15) is 24.9 Å². The number of hydrogen-bond donors (Lipinski definition) is 2. The van der Waals surface area contributed by atoms with Gasteiger partial charge in [-0.05, 0) is 36.3 Å². The topological polar surface area (TPSA) is 33.3 Å². The summed E-state index contributed by atoms with van der Waals surface area (Å²) < 4.78 is 5.13. The largest absolute Gasteiger partial charge is 0.497 e. The highest BCUT2D eigenvalue weighted by molar-refractivity contribution is 7.80. The average Bonchev–Trinajstić information content (AvgIpc) is 2.35. The third kappa shape index (κ3) is 3.38. The molecule has 3 nitrogen and oxygen atoms in total. The molecule has 0 aliphatic heterocycles. The first-order chi connectivity index (χ1) is 7.71. The summed E-state index contributed by atoms with van der Waals surface area (Å²) in [5.74, 6) is 0.870. The van der Waals surface area contributed by atoms with Crippen molar-refractivity contribution >= 4 is 17.3 Å². The van der Waals surface area contributed by atoms with Crippen LogP contribution in [-0.4, -0.2) is 19.3 Å². The van der Waals surface area contributed by atoms with E-state index in [2.05, 4.69) is 29.7 Å². The van der Waals surface area contributed by atoms with Crippen LogP contribution in [0, 0.1) is 0 Å². The number of hydrogen-bond acceptors (Lipinski definition) is 2. The van der Waals surface area contributed by atoms with Gasteiger partial charge >= 0.3 is 0 Å². The van der Waals surface area contributed by atoms with E-state index >= 15 is 0 Å². The summed E-state index contributed by atoms with van der Waals surface area (Å²) in [6.07, 6.45) is 0.980. The monoisotopic (exact) mass is 238 g/mol. The van der Waals surface area contributed by atoms with Gasteiger partial charge in [0.2, 0.25) is 0 Å². The first kappa shape index (κ1) is 12.8. The Hall–Kier alpha value is -1.29. The van der Waals surface area contributed by atoms with E-state index in [0.717, 1.165) is 12.2 Å². The SMILES string of the molecule is CC[C@@H](NC(=S)NC)c1ccc(OC)cc1. The molecule has 0 radical (unpaired) electrons. The number of benzene rings is 1. The van der Waals surface area contributed by atoms with Gasteiger partial charge in [-0.2, -0.15) is 0 Å². The number of thiocarbonyl (C=S) groups is 1. The van der Waals surface area contributed by atoms with Gasteiger partial charge in [0.25, 0.3) is 0 Å². The molecule has 0 aliphatic rings. The summed E-state index contributed by atoms with van der Waals surface area (Å²) in [6.45, 7) is 2.13. The zero-order valence-electron chi connectivity index (χ0n) is 9.91. The molecule has 1 aromatic carbocycles. The van der Waals surface area contributed by atoms with Crippen LogP contribution < -0.4 is 15.4 Å². The second-order valence-corrected chi connectivity index (χ2v) is 3.87. The first-order valence-electron chi connectivity index (χ1n) is 5.33. The summed E-state index contributed by atoms with van der Waals surface area (Å²) in [5.41, 5.74) is 1.21. The van der Waals surface area contributed by atoms with Crippen molar-refractivity contribution < 1.29 is 4.74 Å². The molecule has 0 fully saturated rings. The Kier molecular flexibility index (Phi) is 5.05. The van der Waals surface area contributed by atoms with E-state index in [1.54, 1.807) is 7.11 Å². The van der Waals surface area contributed by atoms with Crippen molar-refractivity contribution in [3.63, 3.8) is 0 Å². The summed E-state index contributed by atoms with van der Waals surface area (Å²) in [4.78, 5) is 0. The van der Waals surface area contributed by atoms with E-state index in [1.807, 2.05) is 19.2 Å². The predicted octanol–water partition coefficient (Wildman–Crippen LogP) is 2.24. The lowest BCUT2D eigenvalue weighted by Gasteiger charge is -2.19. The fourth-order valence-corrected chi connectivity index (χ4v) is 1.63. The predicted molar refractivity (Wildman–Crippen MR) is 70.8 cm³/mol. The van der Waals surface area contributed by atoms with E-state index in [0.29, 0.717) is 5.11 Å². The van der Waals surface area contributed by atoms with Crippen LogP contribution in [0.25, 0.3) is 0 Å². The van der Waals surface area contributed by atoms with Gasteiger partial charge in [-0.25, -0.2) is 0 Å². The third-order valence-electron chi connectivity index (χ3n) is 2.46. The van der Waals surface area contributed by atoms with Gasteiger partial charge in [0, 0.05) is 7.05 Å². The fraction of sp³-hybridized carbons (Fsp3) is 0.417. The maximum absolute atomic E-state index is 5.13. The van der Waals surface area contributed by atoms with Crippen LogP contribution in [0.5, 0.6) is 5.75 Å². The van der Waals surface area contributed by atoms with Crippen LogP contribution in [0.15, 0.2) is 24.3 Å². The van der Waals surface area contributed by atoms with E-state index in [-0.39, 0.29) is 6.04 Å². The number of rotatable bonds is 4. The Morgan fingerprint density at radius 3 is 2.44 bits per heavy atom. The Balaban J connectivity index is 2.74. The minimum Gasteiger partial charge on any atom is -0.497 e. The van der Waals surface area contributed by atoms with Crippen LogP contribution >= 0.6 is 12.2 Å². The Morgan fingerprint density at radius 2 is 2.00 bits per heavy atom. The molecule has 0 saturated heterocycles. The van der Waals surface area contributed by atoms with E-state index in [4.69, 9.17) is 17.0 Å². The van der Waals surface area contributed by atoms with Gasteiger partial charge in [-0.3, -0.25) is 0 Å². The molecule has 0 aromatic heterocycles. The molecule has 88 valence electrons. The van der Waals surface area contributed by atoms with Gasteiger partial charge in [0.05, 0.1) is 13.2 Å². The Bertz CT molecular complexity index is 337. The lowest BCUT2D eigenvalue weighted by Crippen LogP contribution is -2.35. The Morgan fingerprint density at radius 1 is 1.38 bits per heavy atom. The van der Waals surface area contributed by atoms with E-state index < -0.39 is 0 Å². The summed E-state index contributed by atoms with van der Waals surface area (Å²) in [6, 6.07) is 8.27. The van der Waals surface area contributed by atoms with Gasteiger partial charge < -0.3 is 15.4 Å². The number of ether oxygens (including phenoxy) is 1. The maximum atomic E-state index is 5.13. The standard InChI is InChI=1S/C12H18N2OS/c1-4-11(14-12(16)13-2)9-5-7-10(15-3)8-6-9/h5-8,11H,4H2,1-3H3,(H2,13,14,16)/t11-/m1/s1. The van der Waals surface area contributed by atoms with Crippen LogP contribution in [0.3, 0.4) is 0 Å².